The third kappa shape index (κ3) is 2.98. The lowest BCUT2D eigenvalue weighted by atomic mass is 10.2. The van der Waals surface area contributed by atoms with Crippen molar-refractivity contribution in [1.29, 1.82) is 0 Å². The summed E-state index contributed by atoms with van der Waals surface area (Å²) in [6, 6.07) is -0.207. The maximum absolute atomic E-state index is 11.9. The number of rotatable bonds is 4. The van der Waals surface area contributed by atoms with Crippen molar-refractivity contribution in [2.45, 2.75) is 19.9 Å². The van der Waals surface area contributed by atoms with Crippen LogP contribution in [0.15, 0.2) is 12.5 Å². The second-order valence-electron chi connectivity index (χ2n) is 5.65. The second-order valence-corrected chi connectivity index (χ2v) is 5.65. The van der Waals surface area contributed by atoms with Crippen LogP contribution in [0.1, 0.15) is 13.8 Å². The number of carbonyl (C=O) groups is 1. The maximum atomic E-state index is 11.9. The van der Waals surface area contributed by atoms with Crippen LogP contribution in [-0.2, 0) is 16.6 Å². The van der Waals surface area contributed by atoms with Crippen molar-refractivity contribution in [3.05, 3.63) is 12.5 Å². The fraction of sp³-hybridized carbons (Fsp3) is 0.600. The Morgan fingerprint density at radius 2 is 2.04 bits per heavy atom. The van der Waals surface area contributed by atoms with Crippen LogP contribution in [0.2, 0.25) is 0 Å². The smallest absolute Gasteiger partial charge is 0.323 e. The molecule has 0 saturated carbocycles. The Balaban J connectivity index is 1.70. The van der Waals surface area contributed by atoms with E-state index in [2.05, 4.69) is 24.9 Å². The molecule has 0 amide bonds. The van der Waals surface area contributed by atoms with Gasteiger partial charge in [0.05, 0.1) is 18.2 Å². The topological polar surface area (TPSA) is 76.4 Å². The molecule has 0 aliphatic carbocycles. The molecule has 1 saturated heterocycles. The Labute approximate surface area is 135 Å². The highest BCUT2D eigenvalue weighted by Gasteiger charge is 2.27. The van der Waals surface area contributed by atoms with Gasteiger partial charge in [-0.05, 0) is 13.8 Å². The Morgan fingerprint density at radius 3 is 2.74 bits per heavy atom. The van der Waals surface area contributed by atoms with Crippen LogP contribution in [0.5, 0.6) is 0 Å². The van der Waals surface area contributed by atoms with E-state index in [0.29, 0.717) is 6.61 Å². The molecule has 23 heavy (non-hydrogen) atoms. The lowest BCUT2D eigenvalue weighted by Crippen LogP contribution is -2.52. The van der Waals surface area contributed by atoms with Crippen molar-refractivity contribution < 1.29 is 9.53 Å². The molecule has 0 aromatic carbocycles. The van der Waals surface area contributed by atoms with Gasteiger partial charge in [0.2, 0.25) is 0 Å². The molecule has 8 nitrogen and oxygen atoms in total. The lowest BCUT2D eigenvalue weighted by Gasteiger charge is -2.37. The van der Waals surface area contributed by atoms with Gasteiger partial charge in [-0.3, -0.25) is 14.4 Å². The van der Waals surface area contributed by atoms with E-state index >= 15 is 0 Å². The first kappa shape index (κ1) is 15.7. The number of esters is 1. The molecule has 1 atom stereocenters. The zero-order chi connectivity index (χ0) is 16.4. The van der Waals surface area contributed by atoms with Crippen molar-refractivity contribution in [2.75, 3.05) is 37.7 Å². The molecule has 1 fully saturated rings. The van der Waals surface area contributed by atoms with E-state index in [9.17, 15) is 4.79 Å². The number of nitrogens with zero attached hydrogens (tertiary/aromatic N) is 6. The van der Waals surface area contributed by atoms with Crippen LogP contribution >= 0.6 is 0 Å². The van der Waals surface area contributed by atoms with Crippen LogP contribution in [0, 0.1) is 0 Å². The molecule has 0 spiro atoms. The van der Waals surface area contributed by atoms with E-state index in [1.54, 1.807) is 17.2 Å². The predicted molar refractivity (Wildman–Crippen MR) is 86.2 cm³/mol. The van der Waals surface area contributed by atoms with Gasteiger partial charge in [0.25, 0.3) is 0 Å². The highest BCUT2D eigenvalue weighted by Crippen LogP contribution is 2.23. The summed E-state index contributed by atoms with van der Waals surface area (Å²) in [6.45, 7) is 7.37. The Morgan fingerprint density at radius 1 is 1.30 bits per heavy atom. The number of aromatic nitrogens is 4. The molecule has 0 N–H and O–H groups in total. The molecule has 2 aromatic heterocycles. The number of anilines is 1. The van der Waals surface area contributed by atoms with E-state index in [1.807, 2.05) is 20.9 Å². The van der Waals surface area contributed by atoms with Crippen LogP contribution in [0.4, 0.5) is 5.82 Å². The third-order valence-corrected chi connectivity index (χ3v) is 4.30. The average molecular weight is 318 g/mol. The zero-order valence-electron chi connectivity index (χ0n) is 13.8. The second kappa shape index (κ2) is 6.49. The number of ether oxygens (including phenoxy) is 1. The average Bonchev–Trinajstić information content (AvgIpc) is 2.96. The van der Waals surface area contributed by atoms with Crippen molar-refractivity contribution in [3.8, 4) is 0 Å². The minimum atomic E-state index is -0.207. The summed E-state index contributed by atoms with van der Waals surface area (Å²) >= 11 is 0. The Hall–Kier alpha value is -2.22. The number of carbonyl (C=O) groups excluding carboxylic acids is 1. The predicted octanol–water partition coefficient (Wildman–Crippen LogP) is 0.437. The molecule has 8 heteroatoms. The first-order chi connectivity index (χ1) is 11.1. The molecule has 3 rings (SSSR count). The van der Waals surface area contributed by atoms with Gasteiger partial charge in [-0.2, -0.15) is 5.10 Å². The summed E-state index contributed by atoms with van der Waals surface area (Å²) in [5, 5.41) is 5.21. The summed E-state index contributed by atoms with van der Waals surface area (Å²) in [5.74, 6) is 0.754. The van der Waals surface area contributed by atoms with Gasteiger partial charge in [0.1, 0.15) is 18.2 Å². The SMILES string of the molecule is CCOC(=O)[C@H](C)N1CCN(c2ncnc3c2cnn3C)CC1. The largest absolute Gasteiger partial charge is 0.465 e. The minimum absolute atomic E-state index is 0.155. The van der Waals surface area contributed by atoms with E-state index in [-0.39, 0.29) is 12.0 Å². The molecule has 1 aliphatic heterocycles. The number of fused-ring (bicyclic) bond motifs is 1. The molecule has 0 bridgehead atoms. The van der Waals surface area contributed by atoms with Gasteiger partial charge in [-0.1, -0.05) is 0 Å². The molecule has 124 valence electrons. The number of hydrogen-bond acceptors (Lipinski definition) is 7. The van der Waals surface area contributed by atoms with Gasteiger partial charge in [0, 0.05) is 33.2 Å². The van der Waals surface area contributed by atoms with E-state index in [0.717, 1.165) is 43.0 Å². The summed E-state index contributed by atoms with van der Waals surface area (Å²) < 4.78 is 6.85. The Bertz CT molecular complexity index is 692. The fourth-order valence-corrected chi connectivity index (χ4v) is 2.93. The minimum Gasteiger partial charge on any atom is -0.465 e. The standard InChI is InChI=1S/C15H22N6O2/c1-4-23-15(22)11(2)20-5-7-21(8-6-20)14-12-9-18-19(3)13(12)16-10-17-14/h9-11H,4-8H2,1-3H3/t11-/m0/s1. The molecule has 2 aromatic rings. The van der Waals surface area contributed by atoms with E-state index in [1.165, 1.54) is 0 Å². The van der Waals surface area contributed by atoms with Crippen LogP contribution in [0.25, 0.3) is 11.0 Å². The van der Waals surface area contributed by atoms with Crippen molar-refractivity contribution in [1.82, 2.24) is 24.6 Å². The normalized spacial score (nSPS) is 17.4. The molecule has 0 unspecified atom stereocenters. The summed E-state index contributed by atoms with van der Waals surface area (Å²) in [6.07, 6.45) is 3.38. The van der Waals surface area contributed by atoms with Gasteiger partial charge in [-0.15, -0.1) is 0 Å². The Kier molecular flexibility index (Phi) is 4.42. The summed E-state index contributed by atoms with van der Waals surface area (Å²) in [4.78, 5) is 24.9. The molecular weight excluding hydrogens is 296 g/mol. The van der Waals surface area contributed by atoms with Crippen LogP contribution < -0.4 is 4.90 Å². The van der Waals surface area contributed by atoms with Gasteiger partial charge in [-0.25, -0.2) is 9.97 Å². The van der Waals surface area contributed by atoms with Gasteiger partial charge < -0.3 is 9.64 Å². The maximum Gasteiger partial charge on any atom is 0.323 e. The van der Waals surface area contributed by atoms with E-state index < -0.39 is 0 Å². The number of hydrogen-bond donors (Lipinski definition) is 0. The molecule has 1 aliphatic rings. The zero-order valence-corrected chi connectivity index (χ0v) is 13.8. The number of aryl methyl sites for hydroxylation is 1. The quantitative estimate of drug-likeness (QED) is 0.757. The van der Waals surface area contributed by atoms with Crippen LogP contribution in [0.3, 0.4) is 0 Å². The summed E-state index contributed by atoms with van der Waals surface area (Å²) in [7, 11) is 1.87. The van der Waals surface area contributed by atoms with Crippen molar-refractivity contribution in [3.63, 3.8) is 0 Å². The highest BCUT2D eigenvalue weighted by molar-refractivity contribution is 5.86. The fourth-order valence-electron chi connectivity index (χ4n) is 2.93. The number of piperazine rings is 1. The lowest BCUT2D eigenvalue weighted by molar-refractivity contribution is -0.149. The molecule has 3 heterocycles. The monoisotopic (exact) mass is 318 g/mol. The molecular formula is C15H22N6O2. The van der Waals surface area contributed by atoms with E-state index in [4.69, 9.17) is 4.74 Å². The first-order valence-electron chi connectivity index (χ1n) is 7.90. The third-order valence-electron chi connectivity index (χ3n) is 4.30. The highest BCUT2D eigenvalue weighted by atomic mass is 16.5. The van der Waals surface area contributed by atoms with Crippen molar-refractivity contribution >= 4 is 22.8 Å². The van der Waals surface area contributed by atoms with Gasteiger partial charge >= 0.3 is 5.97 Å². The molecule has 0 radical (unpaired) electrons. The van der Waals surface area contributed by atoms with Gasteiger partial charge in [0.15, 0.2) is 5.65 Å². The summed E-state index contributed by atoms with van der Waals surface area (Å²) in [5.41, 5.74) is 0.831. The first-order valence-corrected chi connectivity index (χ1v) is 7.90. The van der Waals surface area contributed by atoms with Crippen molar-refractivity contribution in [2.24, 2.45) is 7.05 Å². The van der Waals surface area contributed by atoms with Crippen LogP contribution in [-0.4, -0.2) is 69.4 Å².